The molecule has 1 aliphatic carbocycles. The minimum atomic E-state index is -0.590. The van der Waals surface area contributed by atoms with Crippen molar-refractivity contribution < 1.29 is 13.9 Å². The summed E-state index contributed by atoms with van der Waals surface area (Å²) in [5.41, 5.74) is 11.6. The number of halogens is 1. The van der Waals surface area contributed by atoms with Crippen LogP contribution < -0.4 is 11.4 Å². The summed E-state index contributed by atoms with van der Waals surface area (Å²) in [4.78, 5) is 34.7. The van der Waals surface area contributed by atoms with Crippen LogP contribution in [0.1, 0.15) is 50.6 Å². The predicted octanol–water partition coefficient (Wildman–Crippen LogP) is 3.99. The molecule has 40 heavy (non-hydrogen) atoms. The molecule has 0 amide bonds. The third-order valence-corrected chi connectivity index (χ3v) is 8.60. The molecule has 2 aliphatic heterocycles. The molecule has 5 aromatic rings. The molecule has 10 nitrogen and oxygen atoms in total. The molecular formula is C29H30FN7O3. The molecule has 4 atom stereocenters. The Morgan fingerprint density at radius 3 is 2.70 bits per heavy atom. The fourth-order valence-corrected chi connectivity index (χ4v) is 6.45. The summed E-state index contributed by atoms with van der Waals surface area (Å²) in [7, 11) is 1.72. The van der Waals surface area contributed by atoms with Crippen LogP contribution in [0.3, 0.4) is 0 Å². The highest BCUT2D eigenvalue weighted by Crippen LogP contribution is 2.43. The van der Waals surface area contributed by atoms with E-state index in [0.717, 1.165) is 22.1 Å². The lowest BCUT2D eigenvalue weighted by Crippen LogP contribution is -2.33. The average Bonchev–Trinajstić information content (AvgIpc) is 3.66. The Hall–Kier alpha value is -4.25. The van der Waals surface area contributed by atoms with Crippen molar-refractivity contribution >= 4 is 28.0 Å². The number of aryl methyl sites for hydroxylation is 2. The summed E-state index contributed by atoms with van der Waals surface area (Å²) in [6.07, 6.45) is 3.98. The monoisotopic (exact) mass is 543 g/mol. The maximum atomic E-state index is 15.3. The Kier molecular flexibility index (Phi) is 5.50. The number of esters is 1. The molecule has 1 fully saturated rings. The Bertz CT molecular complexity index is 1860. The van der Waals surface area contributed by atoms with Crippen molar-refractivity contribution in [1.82, 2.24) is 28.9 Å². The van der Waals surface area contributed by atoms with Crippen molar-refractivity contribution in [2.24, 2.45) is 12.8 Å². The Morgan fingerprint density at radius 1 is 1.20 bits per heavy atom. The van der Waals surface area contributed by atoms with E-state index in [1.165, 1.54) is 0 Å². The second-order valence-corrected chi connectivity index (χ2v) is 11.0. The highest BCUT2D eigenvalue weighted by molar-refractivity contribution is 6.14. The number of nitrogens with one attached hydrogen (secondary N) is 1. The van der Waals surface area contributed by atoms with Crippen molar-refractivity contribution in [3.05, 3.63) is 58.7 Å². The summed E-state index contributed by atoms with van der Waals surface area (Å²) in [5, 5.41) is 4.76. The summed E-state index contributed by atoms with van der Waals surface area (Å²) < 4.78 is 26.0. The maximum Gasteiger partial charge on any atom is 0.329 e. The largest absolute Gasteiger partial charge is 0.461 e. The molecule has 1 aromatic carbocycles. The molecule has 6 heterocycles. The molecule has 0 saturated heterocycles. The number of rotatable bonds is 2. The van der Waals surface area contributed by atoms with Crippen LogP contribution in [-0.2, 0) is 23.1 Å². The quantitative estimate of drug-likeness (QED) is 0.325. The first-order valence-corrected chi connectivity index (χ1v) is 13.7. The molecule has 0 spiro atoms. The summed E-state index contributed by atoms with van der Waals surface area (Å²) in [5.74, 6) is -0.966. The van der Waals surface area contributed by atoms with Crippen molar-refractivity contribution in [3.8, 4) is 22.4 Å². The van der Waals surface area contributed by atoms with Gasteiger partial charge in [0.25, 0.3) is 0 Å². The van der Waals surface area contributed by atoms with E-state index in [0.29, 0.717) is 47.3 Å². The van der Waals surface area contributed by atoms with Gasteiger partial charge in [0.15, 0.2) is 0 Å². The smallest absolute Gasteiger partial charge is 0.329 e. The third-order valence-electron chi connectivity index (χ3n) is 8.60. The molecule has 0 radical (unpaired) electrons. The average molecular weight is 544 g/mol. The van der Waals surface area contributed by atoms with E-state index in [-0.39, 0.29) is 30.0 Å². The van der Waals surface area contributed by atoms with E-state index in [1.807, 2.05) is 38.1 Å². The molecule has 8 rings (SSSR count). The first-order valence-electron chi connectivity index (χ1n) is 13.7. The normalized spacial score (nSPS) is 22.8. The second kappa shape index (κ2) is 8.88. The van der Waals surface area contributed by atoms with E-state index in [1.54, 1.807) is 33.3 Å². The highest BCUT2D eigenvalue weighted by Gasteiger charge is 2.38. The van der Waals surface area contributed by atoms with Crippen molar-refractivity contribution in [2.45, 2.75) is 63.8 Å². The summed E-state index contributed by atoms with van der Waals surface area (Å²) >= 11 is 0. The number of pyridine rings is 1. The van der Waals surface area contributed by atoms with Gasteiger partial charge in [-0.05, 0) is 30.4 Å². The number of hydrogen-bond acceptors (Lipinski definition) is 6. The number of ether oxygens (including phenoxy) is 1. The van der Waals surface area contributed by atoms with Gasteiger partial charge in [-0.3, -0.25) is 18.6 Å². The van der Waals surface area contributed by atoms with Gasteiger partial charge in [-0.1, -0.05) is 31.2 Å². The molecule has 3 N–H and O–H groups in total. The van der Waals surface area contributed by atoms with Gasteiger partial charge in [-0.2, -0.15) is 4.39 Å². The molecule has 11 heteroatoms. The fraction of sp³-hybridized carbons (Fsp3) is 0.379. The number of aromatic amines is 1. The van der Waals surface area contributed by atoms with Crippen LogP contribution in [0, 0.1) is 5.95 Å². The molecular weight excluding hydrogens is 513 g/mol. The number of aromatic nitrogens is 6. The zero-order chi connectivity index (χ0) is 27.9. The van der Waals surface area contributed by atoms with E-state index in [9.17, 15) is 9.59 Å². The van der Waals surface area contributed by atoms with Crippen molar-refractivity contribution in [3.63, 3.8) is 0 Å². The number of benzene rings is 1. The molecule has 4 bridgehead atoms. The van der Waals surface area contributed by atoms with Crippen LogP contribution in [-0.4, -0.2) is 47.0 Å². The van der Waals surface area contributed by atoms with Crippen LogP contribution in [0.4, 0.5) is 4.39 Å². The highest BCUT2D eigenvalue weighted by atomic mass is 19.1. The lowest BCUT2D eigenvalue weighted by atomic mass is 9.93. The second-order valence-electron chi connectivity index (χ2n) is 11.0. The van der Waals surface area contributed by atoms with Gasteiger partial charge < -0.3 is 15.5 Å². The van der Waals surface area contributed by atoms with Gasteiger partial charge in [0, 0.05) is 43.9 Å². The van der Waals surface area contributed by atoms with E-state index >= 15 is 4.39 Å². The first kappa shape index (κ1) is 24.8. The Morgan fingerprint density at radius 2 is 1.98 bits per heavy atom. The Balaban J connectivity index is 1.60. The standard InChI is InChI=1S/C29H30FN7O3/c1-4-36-13-18(27(30)34-36)25-23-16-7-5-15(6-8-16)14(2)9-22(38)40-21-11-17(10-19(21)31)37-26-20(35(3)29(37)39)12-32-28(33-25)24(23)26/h5-8,12-14,17,19,21H,4,9-11,31H2,1-3H3,(H,32,33)/t14?,17-,19-,21+/m0/s1. The molecule has 1 unspecified atom stereocenters. The minimum absolute atomic E-state index is 0.0720. The molecule has 4 aromatic heterocycles. The van der Waals surface area contributed by atoms with Crippen molar-refractivity contribution in [2.75, 3.05) is 0 Å². The number of carbonyl (C=O) groups excluding carboxylic acids is 1. The lowest BCUT2D eigenvalue weighted by molar-refractivity contribution is -0.149. The van der Waals surface area contributed by atoms with Gasteiger partial charge in [-0.25, -0.2) is 9.78 Å². The number of nitrogens with zero attached hydrogens (tertiary/aromatic N) is 5. The van der Waals surface area contributed by atoms with Crippen LogP contribution >= 0.6 is 0 Å². The number of fused-ring (bicyclic) bond motifs is 5. The summed E-state index contributed by atoms with van der Waals surface area (Å²) in [6.45, 7) is 4.40. The SMILES string of the molecule is CCn1cc(-c2[nH]c3ncc4c5c3c2-c2ccc(cc2)C(C)CC(=O)O[C@@H]2C[C@H](C[C@@H]2N)n5c(=O)n4C)c(F)n1. The van der Waals surface area contributed by atoms with Crippen LogP contribution in [0.25, 0.3) is 44.5 Å². The first-order chi connectivity index (χ1) is 19.2. The van der Waals surface area contributed by atoms with E-state index in [4.69, 9.17) is 10.5 Å². The summed E-state index contributed by atoms with van der Waals surface area (Å²) in [6, 6.07) is 7.21. The lowest BCUT2D eigenvalue weighted by Gasteiger charge is -2.18. The zero-order valence-electron chi connectivity index (χ0n) is 22.5. The van der Waals surface area contributed by atoms with Gasteiger partial charge >= 0.3 is 11.7 Å². The maximum absolute atomic E-state index is 15.3. The number of imidazole rings is 1. The van der Waals surface area contributed by atoms with E-state index < -0.39 is 18.1 Å². The fourth-order valence-electron chi connectivity index (χ4n) is 6.45. The van der Waals surface area contributed by atoms with Crippen LogP contribution in [0.5, 0.6) is 0 Å². The Labute approximate surface area is 228 Å². The predicted molar refractivity (Wildman–Crippen MR) is 148 cm³/mol. The minimum Gasteiger partial charge on any atom is -0.461 e. The number of nitrogens with two attached hydrogens (primary N) is 1. The molecule has 1 saturated carbocycles. The molecule has 3 aliphatic rings. The number of hydrogen-bond donors (Lipinski definition) is 2. The number of carbonyl (C=O) groups is 1. The number of H-pyrrole nitrogens is 1. The van der Waals surface area contributed by atoms with Gasteiger partial charge in [0.05, 0.1) is 40.3 Å². The van der Waals surface area contributed by atoms with E-state index in [2.05, 4.69) is 15.1 Å². The van der Waals surface area contributed by atoms with Crippen LogP contribution in [0.2, 0.25) is 0 Å². The van der Waals surface area contributed by atoms with Gasteiger partial charge in [0.2, 0.25) is 5.95 Å². The van der Waals surface area contributed by atoms with Crippen molar-refractivity contribution in [1.29, 1.82) is 0 Å². The van der Waals surface area contributed by atoms with Gasteiger partial charge in [-0.15, -0.1) is 5.10 Å². The molecule has 206 valence electrons. The zero-order valence-corrected chi connectivity index (χ0v) is 22.5. The van der Waals surface area contributed by atoms with Gasteiger partial charge in [0.1, 0.15) is 11.8 Å². The van der Waals surface area contributed by atoms with Crippen LogP contribution in [0.15, 0.2) is 41.5 Å². The third kappa shape index (κ3) is 3.57. The topological polar surface area (TPSA) is 126 Å².